The second-order valence-electron chi connectivity index (χ2n) is 3.85. The molecule has 0 spiro atoms. The van der Waals surface area contributed by atoms with Crippen molar-refractivity contribution >= 4 is 17.2 Å². The highest BCUT2D eigenvalue weighted by Gasteiger charge is 2.12. The van der Waals surface area contributed by atoms with Gasteiger partial charge in [-0.3, -0.25) is 4.79 Å². The van der Waals surface area contributed by atoms with Crippen LogP contribution in [-0.4, -0.2) is 27.8 Å². The maximum Gasteiger partial charge on any atom is 0.263 e. The van der Waals surface area contributed by atoms with Crippen molar-refractivity contribution in [3.8, 4) is 11.8 Å². The van der Waals surface area contributed by atoms with Gasteiger partial charge in [-0.25, -0.2) is 0 Å². The van der Waals surface area contributed by atoms with E-state index < -0.39 is 0 Å². The molecule has 6 nitrogen and oxygen atoms in total. The topological polar surface area (TPSA) is 88.2 Å². The minimum Gasteiger partial charge on any atom is -0.395 e. The van der Waals surface area contributed by atoms with Crippen molar-refractivity contribution in [3.63, 3.8) is 0 Å². The highest BCUT2D eigenvalue weighted by Crippen LogP contribution is 2.15. The monoisotopic (exact) mass is 291 g/mol. The van der Waals surface area contributed by atoms with Crippen molar-refractivity contribution in [3.05, 3.63) is 33.6 Å². The molecule has 0 aromatic carbocycles. The van der Waals surface area contributed by atoms with E-state index in [1.165, 1.54) is 11.3 Å². The van der Waals surface area contributed by atoms with Crippen molar-refractivity contribution in [1.82, 2.24) is 15.5 Å². The third-order valence-electron chi connectivity index (χ3n) is 2.31. The van der Waals surface area contributed by atoms with E-state index in [4.69, 9.17) is 9.63 Å². The number of nitrogens with one attached hydrogen (secondary N) is 1. The summed E-state index contributed by atoms with van der Waals surface area (Å²) >= 11 is 1.31. The lowest BCUT2D eigenvalue weighted by atomic mass is 10.2. The van der Waals surface area contributed by atoms with Gasteiger partial charge in [0.2, 0.25) is 5.89 Å². The normalized spacial score (nSPS) is 9.90. The number of carbonyl (C=O) groups excluding carboxylic acids is 1. The molecule has 2 aromatic rings. The number of thiophene rings is 1. The highest BCUT2D eigenvalue weighted by atomic mass is 32.1. The Hall–Kier alpha value is -2.17. The molecule has 0 bridgehead atoms. The third-order valence-corrected chi connectivity index (χ3v) is 3.22. The summed E-state index contributed by atoms with van der Waals surface area (Å²) in [5, 5.41) is 16.9. The molecule has 0 unspecified atom stereocenters. The van der Waals surface area contributed by atoms with Crippen LogP contribution in [-0.2, 0) is 6.54 Å². The maximum atomic E-state index is 12.0. The molecule has 0 aliphatic rings. The van der Waals surface area contributed by atoms with Crippen molar-refractivity contribution in [2.75, 3.05) is 6.61 Å². The van der Waals surface area contributed by atoms with Crippen LogP contribution in [0.25, 0.3) is 0 Å². The van der Waals surface area contributed by atoms with Crippen molar-refractivity contribution < 1.29 is 14.4 Å². The van der Waals surface area contributed by atoms with Crippen LogP contribution in [0.3, 0.4) is 0 Å². The number of aliphatic hydroxyl groups excluding tert-OH is 1. The molecular formula is C13H13N3O3S. The molecule has 2 rings (SSSR count). The van der Waals surface area contributed by atoms with Gasteiger partial charge in [0.15, 0.2) is 5.82 Å². The highest BCUT2D eigenvalue weighted by molar-refractivity contribution is 7.12. The average molecular weight is 291 g/mol. The number of amides is 1. The molecular weight excluding hydrogens is 278 g/mol. The van der Waals surface area contributed by atoms with E-state index in [0.29, 0.717) is 28.6 Å². The standard InChI is InChI=1S/C13H13N3O3S/c1-9-15-11(16-19-9)8-14-13(18)12-10(5-7-20-12)4-2-3-6-17/h5,7,17H,3,6,8H2,1H3,(H,14,18). The first-order chi connectivity index (χ1) is 9.70. The Morgan fingerprint density at radius 3 is 3.15 bits per heavy atom. The quantitative estimate of drug-likeness (QED) is 0.824. The van der Waals surface area contributed by atoms with Gasteiger partial charge in [-0.05, 0) is 11.4 Å². The Morgan fingerprint density at radius 1 is 1.60 bits per heavy atom. The zero-order valence-electron chi connectivity index (χ0n) is 10.8. The van der Waals surface area contributed by atoms with E-state index in [0.717, 1.165) is 0 Å². The summed E-state index contributed by atoms with van der Waals surface area (Å²) in [6.45, 7) is 1.90. The Labute approximate surface area is 119 Å². The second kappa shape index (κ2) is 6.84. The first-order valence-electron chi connectivity index (χ1n) is 5.95. The Balaban J connectivity index is 1.99. The average Bonchev–Trinajstić information content (AvgIpc) is 3.05. The van der Waals surface area contributed by atoms with Crippen molar-refractivity contribution in [2.24, 2.45) is 0 Å². The number of hydrogen-bond donors (Lipinski definition) is 2. The molecule has 0 aliphatic carbocycles. The summed E-state index contributed by atoms with van der Waals surface area (Å²) in [6, 6.07) is 1.78. The first kappa shape index (κ1) is 14.2. The fraction of sp³-hybridized carbons (Fsp3) is 0.308. The molecule has 0 saturated carbocycles. The molecule has 0 saturated heterocycles. The van der Waals surface area contributed by atoms with Crippen LogP contribution in [0.15, 0.2) is 16.0 Å². The fourth-order valence-corrected chi connectivity index (χ4v) is 2.22. The lowest BCUT2D eigenvalue weighted by molar-refractivity contribution is 0.0953. The van der Waals surface area contributed by atoms with Crippen molar-refractivity contribution in [2.45, 2.75) is 19.9 Å². The molecule has 0 atom stereocenters. The van der Waals surface area contributed by atoms with Crippen LogP contribution in [0.1, 0.15) is 33.4 Å². The summed E-state index contributed by atoms with van der Waals surface area (Å²) in [5.74, 6) is 6.33. The smallest absolute Gasteiger partial charge is 0.263 e. The van der Waals surface area contributed by atoms with Gasteiger partial charge in [0.25, 0.3) is 5.91 Å². The van der Waals surface area contributed by atoms with E-state index >= 15 is 0 Å². The van der Waals surface area contributed by atoms with Gasteiger partial charge in [-0.2, -0.15) is 4.98 Å². The molecule has 0 radical (unpaired) electrons. The van der Waals surface area contributed by atoms with Crippen LogP contribution < -0.4 is 5.32 Å². The Bertz CT molecular complexity index is 651. The predicted molar refractivity (Wildman–Crippen MR) is 73.1 cm³/mol. The molecule has 20 heavy (non-hydrogen) atoms. The van der Waals surface area contributed by atoms with Crippen LogP contribution in [0.2, 0.25) is 0 Å². The lowest BCUT2D eigenvalue weighted by Gasteiger charge is -2.00. The summed E-state index contributed by atoms with van der Waals surface area (Å²) in [5.41, 5.74) is 0.658. The summed E-state index contributed by atoms with van der Waals surface area (Å²) in [6.07, 6.45) is 0.388. The second-order valence-corrected chi connectivity index (χ2v) is 4.77. The van der Waals surface area contributed by atoms with Gasteiger partial charge >= 0.3 is 0 Å². The number of nitrogens with zero attached hydrogens (tertiary/aromatic N) is 2. The molecule has 2 aromatic heterocycles. The first-order valence-corrected chi connectivity index (χ1v) is 6.83. The number of carbonyl (C=O) groups is 1. The molecule has 2 heterocycles. The molecule has 0 fully saturated rings. The van der Waals surface area contributed by atoms with Crippen molar-refractivity contribution in [1.29, 1.82) is 0 Å². The van der Waals surface area contributed by atoms with Crippen LogP contribution in [0, 0.1) is 18.8 Å². The number of aryl methyl sites for hydroxylation is 1. The van der Waals surface area contributed by atoms with Gasteiger partial charge in [-0.1, -0.05) is 17.0 Å². The molecule has 104 valence electrons. The minimum absolute atomic E-state index is 0.00977. The van der Waals surface area contributed by atoms with Crippen LogP contribution >= 0.6 is 11.3 Å². The molecule has 0 aliphatic heterocycles. The molecule has 2 N–H and O–H groups in total. The largest absolute Gasteiger partial charge is 0.395 e. The maximum absolute atomic E-state index is 12.0. The number of rotatable bonds is 4. The molecule has 1 amide bonds. The third kappa shape index (κ3) is 3.66. The summed E-state index contributed by atoms with van der Waals surface area (Å²) in [7, 11) is 0. The van der Waals surface area contributed by atoms with E-state index in [1.807, 2.05) is 0 Å². The van der Waals surface area contributed by atoms with E-state index in [-0.39, 0.29) is 19.1 Å². The Morgan fingerprint density at radius 2 is 2.45 bits per heavy atom. The number of aromatic nitrogens is 2. The van der Waals surface area contributed by atoms with E-state index in [2.05, 4.69) is 27.3 Å². The zero-order valence-corrected chi connectivity index (χ0v) is 11.7. The van der Waals surface area contributed by atoms with E-state index in [9.17, 15) is 4.79 Å². The predicted octanol–water partition coefficient (Wildman–Crippen LogP) is 1.10. The van der Waals surface area contributed by atoms with Gasteiger partial charge in [0.1, 0.15) is 4.88 Å². The Kier molecular flexibility index (Phi) is 4.87. The minimum atomic E-state index is -0.226. The lowest BCUT2D eigenvalue weighted by Crippen LogP contribution is -2.23. The zero-order chi connectivity index (χ0) is 14.4. The number of aliphatic hydroxyl groups is 1. The SMILES string of the molecule is Cc1nc(CNC(=O)c2sccc2C#CCCO)no1. The van der Waals surface area contributed by atoms with Gasteiger partial charge < -0.3 is 14.9 Å². The fourth-order valence-electron chi connectivity index (χ4n) is 1.45. The number of hydrogen-bond acceptors (Lipinski definition) is 6. The van der Waals surface area contributed by atoms with Crippen LogP contribution in [0.5, 0.6) is 0 Å². The summed E-state index contributed by atoms with van der Waals surface area (Å²) in [4.78, 5) is 16.6. The van der Waals surface area contributed by atoms with Gasteiger partial charge in [0.05, 0.1) is 13.2 Å². The summed E-state index contributed by atoms with van der Waals surface area (Å²) < 4.78 is 4.82. The van der Waals surface area contributed by atoms with E-state index in [1.54, 1.807) is 18.4 Å². The van der Waals surface area contributed by atoms with Crippen LogP contribution in [0.4, 0.5) is 0 Å². The van der Waals surface area contributed by atoms with Gasteiger partial charge in [-0.15, -0.1) is 11.3 Å². The van der Waals surface area contributed by atoms with Gasteiger partial charge in [0, 0.05) is 18.9 Å². The molecule has 7 heteroatoms.